The van der Waals surface area contributed by atoms with Crippen LogP contribution in [0.3, 0.4) is 0 Å². The number of nitriles is 2. The van der Waals surface area contributed by atoms with E-state index >= 15 is 0 Å². The van der Waals surface area contributed by atoms with Crippen molar-refractivity contribution < 1.29 is 18.0 Å². The summed E-state index contributed by atoms with van der Waals surface area (Å²) >= 11 is 0.887. The van der Waals surface area contributed by atoms with Gasteiger partial charge in [0.05, 0.1) is 11.3 Å². The molecule has 4 nitrogen and oxygen atoms in total. The summed E-state index contributed by atoms with van der Waals surface area (Å²) in [6.07, 6.45) is -4.52. The lowest BCUT2D eigenvalue weighted by atomic mass is 10.1. The van der Waals surface area contributed by atoms with Crippen molar-refractivity contribution in [1.82, 2.24) is 0 Å². The third kappa shape index (κ3) is 5.63. The number of nitrogens with one attached hydrogen (secondary N) is 1. The number of benzene rings is 2. The number of Topliss-reactive ketones (excluding diaryl/α,β-unsaturated/α-hetero) is 1. The van der Waals surface area contributed by atoms with Crippen molar-refractivity contribution in [2.45, 2.75) is 13.1 Å². The SMILES string of the molecule is Cc1ccc(C(=O)CSC(Nc2cccc(C(F)(F)F)c2)=C(C#N)C#N)cc1. The normalized spacial score (nSPS) is 10.5. The van der Waals surface area contributed by atoms with E-state index in [0.717, 1.165) is 29.5 Å². The Morgan fingerprint density at radius 2 is 1.75 bits per heavy atom. The molecule has 2 aromatic rings. The number of anilines is 1. The van der Waals surface area contributed by atoms with Gasteiger partial charge >= 0.3 is 6.18 Å². The van der Waals surface area contributed by atoms with Gasteiger partial charge < -0.3 is 5.32 Å². The van der Waals surface area contributed by atoms with E-state index < -0.39 is 11.7 Å². The van der Waals surface area contributed by atoms with E-state index in [9.17, 15) is 18.0 Å². The molecule has 8 heteroatoms. The summed E-state index contributed by atoms with van der Waals surface area (Å²) in [4.78, 5) is 12.3. The van der Waals surface area contributed by atoms with Gasteiger partial charge in [-0.3, -0.25) is 4.79 Å². The number of hydrogen-bond donors (Lipinski definition) is 1. The maximum atomic E-state index is 12.9. The number of ketones is 1. The van der Waals surface area contributed by atoms with Crippen molar-refractivity contribution in [3.05, 3.63) is 75.8 Å². The van der Waals surface area contributed by atoms with Crippen LogP contribution in [-0.2, 0) is 6.18 Å². The molecule has 0 heterocycles. The van der Waals surface area contributed by atoms with Crippen LogP contribution in [0.4, 0.5) is 18.9 Å². The minimum Gasteiger partial charge on any atom is -0.349 e. The highest BCUT2D eigenvalue weighted by Crippen LogP contribution is 2.32. The number of thioether (sulfide) groups is 1. The summed E-state index contributed by atoms with van der Waals surface area (Å²) in [5.41, 5.74) is 0.328. The standard InChI is InChI=1S/C20H14F3N3OS/c1-13-5-7-14(8-6-13)18(27)12-28-19(15(10-24)11-25)26-17-4-2-3-16(9-17)20(21,22)23/h2-9,26H,12H2,1H3. The number of nitrogens with zero attached hydrogens (tertiary/aromatic N) is 2. The van der Waals surface area contributed by atoms with E-state index in [0.29, 0.717) is 5.56 Å². The largest absolute Gasteiger partial charge is 0.416 e. The molecule has 0 bridgehead atoms. The topological polar surface area (TPSA) is 76.7 Å². The maximum absolute atomic E-state index is 12.9. The molecule has 0 spiro atoms. The molecule has 0 aliphatic rings. The molecule has 0 aliphatic carbocycles. The zero-order valence-electron chi connectivity index (χ0n) is 14.7. The summed E-state index contributed by atoms with van der Waals surface area (Å²) in [5, 5.41) is 20.9. The van der Waals surface area contributed by atoms with Crippen LogP contribution in [0.5, 0.6) is 0 Å². The Balaban J connectivity index is 2.22. The van der Waals surface area contributed by atoms with Crippen LogP contribution in [0.15, 0.2) is 59.1 Å². The van der Waals surface area contributed by atoms with E-state index in [4.69, 9.17) is 10.5 Å². The first-order valence-corrected chi connectivity index (χ1v) is 8.94. The highest BCUT2D eigenvalue weighted by Gasteiger charge is 2.30. The maximum Gasteiger partial charge on any atom is 0.416 e. The fourth-order valence-electron chi connectivity index (χ4n) is 2.16. The number of alkyl halides is 3. The first-order valence-electron chi connectivity index (χ1n) is 7.96. The van der Waals surface area contributed by atoms with Gasteiger partial charge in [0.1, 0.15) is 17.2 Å². The predicted octanol–water partition coefficient (Wildman–Crippen LogP) is 5.30. The van der Waals surface area contributed by atoms with Crippen LogP contribution in [0.1, 0.15) is 21.5 Å². The number of rotatable bonds is 6. The van der Waals surface area contributed by atoms with E-state index in [1.165, 1.54) is 12.1 Å². The van der Waals surface area contributed by atoms with Crippen molar-refractivity contribution >= 4 is 23.2 Å². The second-order valence-corrected chi connectivity index (χ2v) is 6.69. The summed E-state index contributed by atoms with van der Waals surface area (Å²) in [7, 11) is 0. The van der Waals surface area contributed by atoms with Gasteiger partial charge in [-0.25, -0.2) is 0 Å². The molecule has 0 aliphatic heterocycles. The van der Waals surface area contributed by atoms with Gasteiger partial charge in [0.15, 0.2) is 11.4 Å². The molecule has 1 N–H and O–H groups in total. The fourth-order valence-corrected chi connectivity index (χ4v) is 3.03. The molecule has 0 saturated carbocycles. The van der Waals surface area contributed by atoms with Crippen LogP contribution in [-0.4, -0.2) is 11.5 Å². The first kappa shape index (κ1) is 21.1. The molecule has 0 saturated heterocycles. The number of halogens is 3. The molecule has 0 fully saturated rings. The van der Waals surface area contributed by atoms with Gasteiger partial charge in [0.25, 0.3) is 0 Å². The van der Waals surface area contributed by atoms with E-state index in [-0.39, 0.29) is 27.8 Å². The Labute approximate surface area is 164 Å². The van der Waals surface area contributed by atoms with Crippen LogP contribution in [0, 0.1) is 29.6 Å². The minimum atomic E-state index is -4.52. The van der Waals surface area contributed by atoms with E-state index in [2.05, 4.69) is 5.32 Å². The number of allylic oxidation sites excluding steroid dienone is 1. The van der Waals surface area contributed by atoms with Crippen LogP contribution in [0.2, 0.25) is 0 Å². The second-order valence-electron chi connectivity index (χ2n) is 5.71. The zero-order valence-corrected chi connectivity index (χ0v) is 15.5. The molecule has 0 atom stereocenters. The second kappa shape index (κ2) is 9.12. The third-order valence-electron chi connectivity index (χ3n) is 3.62. The minimum absolute atomic E-state index is 0.0183. The number of carbonyl (C=O) groups excluding carboxylic acids is 1. The molecule has 142 valence electrons. The molecule has 28 heavy (non-hydrogen) atoms. The first-order chi connectivity index (χ1) is 13.2. The molecular formula is C20H14F3N3OS. The van der Waals surface area contributed by atoms with Crippen molar-refractivity contribution in [1.29, 1.82) is 10.5 Å². The Morgan fingerprint density at radius 3 is 2.32 bits per heavy atom. The zero-order chi connectivity index (χ0) is 20.7. The van der Waals surface area contributed by atoms with Gasteiger partial charge in [0.2, 0.25) is 0 Å². The lowest BCUT2D eigenvalue weighted by Crippen LogP contribution is -2.08. The van der Waals surface area contributed by atoms with Crippen LogP contribution >= 0.6 is 11.8 Å². The summed E-state index contributed by atoms with van der Waals surface area (Å²) in [6.45, 7) is 1.88. The average Bonchev–Trinajstić information content (AvgIpc) is 2.66. The Kier molecular flexibility index (Phi) is 6.86. The van der Waals surface area contributed by atoms with Crippen molar-refractivity contribution in [3.8, 4) is 12.1 Å². The Morgan fingerprint density at radius 1 is 1.11 bits per heavy atom. The molecule has 0 aromatic heterocycles. The number of hydrogen-bond acceptors (Lipinski definition) is 5. The Hall–Kier alpha value is -3.23. The van der Waals surface area contributed by atoms with Crippen molar-refractivity contribution in [3.63, 3.8) is 0 Å². The molecule has 0 radical (unpaired) electrons. The number of aryl methyl sites for hydroxylation is 1. The van der Waals surface area contributed by atoms with Gasteiger partial charge in [-0.2, -0.15) is 23.7 Å². The van der Waals surface area contributed by atoms with Gasteiger partial charge in [-0.1, -0.05) is 47.7 Å². The van der Waals surface area contributed by atoms with E-state index in [1.54, 1.807) is 36.4 Å². The lowest BCUT2D eigenvalue weighted by molar-refractivity contribution is -0.137. The highest BCUT2D eigenvalue weighted by atomic mass is 32.2. The average molecular weight is 401 g/mol. The molecular weight excluding hydrogens is 387 g/mol. The fraction of sp³-hybridized carbons (Fsp3) is 0.150. The van der Waals surface area contributed by atoms with Gasteiger partial charge in [-0.15, -0.1) is 0 Å². The van der Waals surface area contributed by atoms with Crippen LogP contribution in [0.25, 0.3) is 0 Å². The number of carbonyl (C=O) groups is 1. The Bertz CT molecular complexity index is 967. The quantitative estimate of drug-likeness (QED) is 0.525. The smallest absolute Gasteiger partial charge is 0.349 e. The van der Waals surface area contributed by atoms with Gasteiger partial charge in [-0.05, 0) is 25.1 Å². The van der Waals surface area contributed by atoms with Crippen molar-refractivity contribution in [2.75, 3.05) is 11.1 Å². The summed E-state index contributed by atoms with van der Waals surface area (Å²) in [6, 6.07) is 14.6. The van der Waals surface area contributed by atoms with E-state index in [1.807, 2.05) is 6.92 Å². The third-order valence-corrected chi connectivity index (χ3v) is 4.62. The molecule has 2 rings (SSSR count). The van der Waals surface area contributed by atoms with Crippen molar-refractivity contribution in [2.24, 2.45) is 0 Å². The summed E-state index contributed by atoms with van der Waals surface area (Å²) < 4.78 is 38.6. The van der Waals surface area contributed by atoms with Gasteiger partial charge in [0, 0.05) is 11.3 Å². The molecule has 2 aromatic carbocycles. The lowest BCUT2D eigenvalue weighted by Gasteiger charge is -2.13. The predicted molar refractivity (Wildman–Crippen MR) is 101 cm³/mol. The molecule has 0 amide bonds. The monoisotopic (exact) mass is 401 g/mol. The van der Waals surface area contributed by atoms with Crippen LogP contribution < -0.4 is 5.32 Å². The summed E-state index contributed by atoms with van der Waals surface area (Å²) in [5.74, 6) is -0.319. The molecule has 0 unspecified atom stereocenters. The highest BCUT2D eigenvalue weighted by molar-refractivity contribution is 8.03.